The van der Waals surface area contributed by atoms with Crippen molar-refractivity contribution < 1.29 is 0 Å². The summed E-state index contributed by atoms with van der Waals surface area (Å²) < 4.78 is 1.75. The number of hydrogen-bond donors (Lipinski definition) is 1. The van der Waals surface area contributed by atoms with E-state index in [1.165, 1.54) is 5.56 Å². The van der Waals surface area contributed by atoms with E-state index in [1.54, 1.807) is 4.57 Å². The summed E-state index contributed by atoms with van der Waals surface area (Å²) in [6.45, 7) is 3.32. The second-order valence-corrected chi connectivity index (χ2v) is 8.11. The molecule has 1 aliphatic rings. The van der Waals surface area contributed by atoms with Crippen LogP contribution in [-0.4, -0.2) is 37.0 Å². The summed E-state index contributed by atoms with van der Waals surface area (Å²) in [6.07, 6.45) is 2.21. The first-order valence-electron chi connectivity index (χ1n) is 10.5. The molecule has 0 bridgehead atoms. The first kappa shape index (κ1) is 19.9. The monoisotopic (exact) mass is 385 g/mol. The zero-order chi connectivity index (χ0) is 20.2. The van der Waals surface area contributed by atoms with Gasteiger partial charge in [0.15, 0.2) is 7.98 Å². The second-order valence-electron chi connectivity index (χ2n) is 8.11. The molecule has 148 valence electrons. The number of fused-ring (bicyclic) bond motifs is 1. The van der Waals surface area contributed by atoms with Crippen molar-refractivity contribution in [3.05, 3.63) is 82.1 Å². The number of rotatable bonds is 6. The molecule has 1 atom stereocenters. The summed E-state index contributed by atoms with van der Waals surface area (Å²) >= 11 is 0. The van der Waals surface area contributed by atoms with Gasteiger partial charge >= 0.3 is 0 Å². The molecule has 0 spiro atoms. The molecule has 1 saturated heterocycles. The van der Waals surface area contributed by atoms with Crippen LogP contribution in [0.2, 0.25) is 0 Å². The summed E-state index contributed by atoms with van der Waals surface area (Å²) in [5, 5.41) is 4.68. The highest BCUT2D eigenvalue weighted by Crippen LogP contribution is 2.32. The molecule has 2 heterocycles. The van der Waals surface area contributed by atoms with Crippen molar-refractivity contribution in [2.45, 2.75) is 25.3 Å². The Morgan fingerprint density at radius 3 is 2.52 bits per heavy atom. The van der Waals surface area contributed by atoms with Gasteiger partial charge in [0, 0.05) is 25.7 Å². The molecule has 3 aromatic rings. The Kier molecular flexibility index (Phi) is 6.17. The molecule has 0 saturated carbocycles. The van der Waals surface area contributed by atoms with Crippen LogP contribution >= 0.6 is 0 Å². The summed E-state index contributed by atoms with van der Waals surface area (Å²) in [4.78, 5) is 14.7. The minimum atomic E-state index is 0.0731. The molecule has 1 aromatic heterocycles. The van der Waals surface area contributed by atoms with Gasteiger partial charge < -0.3 is 14.7 Å². The average Bonchev–Trinajstić information content (AvgIpc) is 2.76. The van der Waals surface area contributed by atoms with Crippen molar-refractivity contribution in [3.8, 4) is 0 Å². The van der Waals surface area contributed by atoms with Gasteiger partial charge in [-0.05, 0) is 60.8 Å². The molecule has 1 unspecified atom stereocenters. The lowest BCUT2D eigenvalue weighted by Crippen LogP contribution is -2.37. The van der Waals surface area contributed by atoms with Crippen LogP contribution < -0.4 is 10.9 Å². The summed E-state index contributed by atoms with van der Waals surface area (Å²) in [7, 11) is 7.82. The van der Waals surface area contributed by atoms with Crippen LogP contribution in [0.25, 0.3) is 10.9 Å². The number of hydrogen-bond acceptors (Lipinski definition) is 3. The summed E-state index contributed by atoms with van der Waals surface area (Å²) in [5.41, 5.74) is 3.22. The molecule has 1 aliphatic heterocycles. The second kappa shape index (κ2) is 8.97. The molecule has 4 nitrogen and oxygen atoms in total. The van der Waals surface area contributed by atoms with E-state index >= 15 is 0 Å². The van der Waals surface area contributed by atoms with E-state index in [0.717, 1.165) is 48.9 Å². The Morgan fingerprint density at radius 2 is 1.76 bits per heavy atom. The predicted molar refractivity (Wildman–Crippen MR) is 120 cm³/mol. The van der Waals surface area contributed by atoms with Gasteiger partial charge in [0.25, 0.3) is 5.56 Å². The summed E-state index contributed by atoms with van der Waals surface area (Å²) in [6, 6.07) is 20.8. The van der Waals surface area contributed by atoms with Crippen molar-refractivity contribution in [1.82, 2.24) is 14.7 Å². The maximum Gasteiger partial charge on any atom is 0.255 e. The fraction of sp³-hybridized carbons (Fsp3) is 0.375. The van der Waals surface area contributed by atoms with Crippen LogP contribution in [0.3, 0.4) is 0 Å². The first-order chi connectivity index (χ1) is 14.1. The number of aryl methyl sites for hydroxylation is 1. The number of pyridine rings is 1. The Hall–Kier alpha value is -2.37. The number of para-hydroxylation sites is 1. The lowest BCUT2D eigenvalue weighted by molar-refractivity contribution is 0.245. The van der Waals surface area contributed by atoms with Crippen LogP contribution in [0.5, 0.6) is 0 Å². The minimum absolute atomic E-state index is 0.0731. The van der Waals surface area contributed by atoms with E-state index in [0.29, 0.717) is 18.4 Å². The Morgan fingerprint density at radius 1 is 1.07 bits per heavy atom. The lowest BCUT2D eigenvalue weighted by Gasteiger charge is -2.35. The predicted octanol–water partition coefficient (Wildman–Crippen LogP) is 3.21. The molecule has 2 aromatic carbocycles. The van der Waals surface area contributed by atoms with Crippen molar-refractivity contribution in [3.63, 3.8) is 0 Å². The van der Waals surface area contributed by atoms with Crippen LogP contribution in [0, 0.1) is 5.92 Å². The van der Waals surface area contributed by atoms with Crippen LogP contribution in [0.15, 0.2) is 65.5 Å². The highest BCUT2D eigenvalue weighted by Gasteiger charge is 2.26. The van der Waals surface area contributed by atoms with E-state index in [9.17, 15) is 4.79 Å². The molecule has 0 amide bonds. The Labute approximate surface area is 174 Å². The topological polar surface area (TPSA) is 37.3 Å². The lowest BCUT2D eigenvalue weighted by atomic mass is 9.79. The third-order valence-electron chi connectivity index (χ3n) is 6.26. The third kappa shape index (κ3) is 4.46. The van der Waals surface area contributed by atoms with Gasteiger partial charge in [0.05, 0.1) is 5.52 Å². The van der Waals surface area contributed by atoms with E-state index in [2.05, 4.69) is 41.7 Å². The van der Waals surface area contributed by atoms with Crippen LogP contribution in [0.4, 0.5) is 0 Å². The van der Waals surface area contributed by atoms with Crippen molar-refractivity contribution in [1.29, 1.82) is 0 Å². The maximum absolute atomic E-state index is 12.8. The van der Waals surface area contributed by atoms with Gasteiger partial charge in [0.1, 0.15) is 0 Å². The molecular formula is C24H28BN3O. The van der Waals surface area contributed by atoms with Crippen LogP contribution in [-0.2, 0) is 13.6 Å². The average molecular weight is 385 g/mol. The van der Waals surface area contributed by atoms with Gasteiger partial charge in [-0.1, -0.05) is 48.5 Å². The largest absolute Gasteiger partial charge is 0.353 e. The van der Waals surface area contributed by atoms with E-state index in [1.807, 2.05) is 36.1 Å². The maximum atomic E-state index is 12.8. The number of nitrogens with zero attached hydrogens (tertiary/aromatic N) is 2. The standard InChI is InChI=1S/C24H28BN3O/c1-27-23-10-6-5-9-20(23)15-21(24(27)29)16-26-17-22(18-7-3-2-4-8-18)19-11-13-28(25)14-12-19/h2-10,15,19,22,26H,11-14,16-17H2,1H3. The molecule has 0 aliphatic carbocycles. The molecule has 29 heavy (non-hydrogen) atoms. The fourth-order valence-electron chi connectivity index (χ4n) is 4.56. The number of aromatic nitrogens is 1. The molecular weight excluding hydrogens is 357 g/mol. The van der Waals surface area contributed by atoms with E-state index < -0.39 is 0 Å². The number of nitrogens with one attached hydrogen (secondary N) is 1. The SMILES string of the molecule is [B]N1CCC(C(CNCc2cc3ccccc3n(C)c2=O)c2ccccc2)CC1. The quantitative estimate of drug-likeness (QED) is 0.663. The van der Waals surface area contributed by atoms with E-state index in [4.69, 9.17) is 7.98 Å². The first-order valence-corrected chi connectivity index (χ1v) is 10.5. The molecule has 1 fully saturated rings. The van der Waals surface area contributed by atoms with Gasteiger partial charge in [-0.25, -0.2) is 0 Å². The third-order valence-corrected chi connectivity index (χ3v) is 6.26. The molecule has 2 radical (unpaired) electrons. The van der Waals surface area contributed by atoms with Crippen molar-refractivity contribution in [2.24, 2.45) is 13.0 Å². The van der Waals surface area contributed by atoms with E-state index in [-0.39, 0.29) is 5.56 Å². The van der Waals surface area contributed by atoms with Gasteiger partial charge in [-0.15, -0.1) is 0 Å². The van der Waals surface area contributed by atoms with Crippen molar-refractivity contribution in [2.75, 3.05) is 19.6 Å². The van der Waals surface area contributed by atoms with Gasteiger partial charge in [-0.3, -0.25) is 4.79 Å². The minimum Gasteiger partial charge on any atom is -0.353 e. The Bertz CT molecular complexity index is 1010. The summed E-state index contributed by atoms with van der Waals surface area (Å²) in [5.74, 6) is 1.03. The van der Waals surface area contributed by atoms with Crippen molar-refractivity contribution >= 4 is 18.9 Å². The highest BCUT2D eigenvalue weighted by molar-refractivity contribution is 6.04. The zero-order valence-electron chi connectivity index (χ0n) is 17.1. The Balaban J connectivity index is 1.50. The fourth-order valence-corrected chi connectivity index (χ4v) is 4.56. The van der Waals surface area contributed by atoms with Crippen LogP contribution in [0.1, 0.15) is 29.9 Å². The number of benzene rings is 2. The smallest absolute Gasteiger partial charge is 0.255 e. The highest BCUT2D eigenvalue weighted by atomic mass is 16.1. The van der Waals surface area contributed by atoms with Gasteiger partial charge in [-0.2, -0.15) is 0 Å². The number of piperidine rings is 1. The zero-order valence-corrected chi connectivity index (χ0v) is 17.1. The normalized spacial score (nSPS) is 16.9. The molecule has 4 rings (SSSR count). The molecule has 1 N–H and O–H groups in total. The van der Waals surface area contributed by atoms with Gasteiger partial charge in [0.2, 0.25) is 0 Å². The molecule has 5 heteroatoms.